The summed E-state index contributed by atoms with van der Waals surface area (Å²) in [4.78, 5) is 0. The number of nitrogens with zero attached hydrogens (tertiary/aromatic N) is 9. The van der Waals surface area contributed by atoms with Crippen LogP contribution in [0.4, 0.5) is 0 Å². The van der Waals surface area contributed by atoms with Gasteiger partial charge in [-0.25, -0.2) is 0 Å². The van der Waals surface area contributed by atoms with Crippen molar-refractivity contribution in [1.82, 2.24) is 18.3 Å². The lowest BCUT2D eigenvalue weighted by atomic mass is 9.87. The summed E-state index contributed by atoms with van der Waals surface area (Å²) >= 11 is 0. The van der Waals surface area contributed by atoms with Crippen molar-refractivity contribution in [3.05, 3.63) is 465 Å². The maximum atomic E-state index is 12.5. The summed E-state index contributed by atoms with van der Waals surface area (Å²) in [5, 5.41) is 66.7. The van der Waals surface area contributed by atoms with E-state index in [-0.39, 0.29) is 11.1 Å². The van der Waals surface area contributed by atoms with Gasteiger partial charge in [-0.2, -0.15) is 26.3 Å². The number of aromatic nitrogens is 4. The molecule has 0 spiro atoms. The molecule has 0 radical (unpaired) electrons. The van der Waals surface area contributed by atoms with Crippen LogP contribution in [-0.2, 0) is 0 Å². The Hall–Kier alpha value is -19.0. The van der Waals surface area contributed by atoms with Crippen molar-refractivity contribution < 1.29 is 0 Å². The summed E-state index contributed by atoms with van der Waals surface area (Å²) in [5.41, 5.74) is 46.6. The molecule has 20 aromatic carbocycles. The number of rotatable bonds is 15. The molecule has 0 saturated carbocycles. The van der Waals surface area contributed by atoms with E-state index in [1.54, 1.807) is 18.2 Å². The molecule has 24 aromatic rings. The summed E-state index contributed by atoms with van der Waals surface area (Å²) in [6.07, 6.45) is 0. The largest absolute Gasteiger partial charge is 0.307 e. The molecule has 0 aliphatic rings. The van der Waals surface area contributed by atoms with Crippen molar-refractivity contribution in [2.75, 3.05) is 0 Å². The van der Waals surface area contributed by atoms with Gasteiger partial charge in [0.2, 0.25) is 0 Å². The highest BCUT2D eigenvalue weighted by Crippen LogP contribution is 2.52. The molecule has 0 atom stereocenters. The molecule has 4 aromatic heterocycles. The normalized spacial score (nSPS) is 11.5. The van der Waals surface area contributed by atoms with Crippen LogP contribution in [0.15, 0.2) is 370 Å². The molecule has 24 rings (SSSR count). The van der Waals surface area contributed by atoms with E-state index in [4.69, 9.17) is 0 Å². The molecule has 690 valence electrons. The quantitative estimate of drug-likeness (QED) is 0.101. The molecule has 0 amide bonds. The summed E-state index contributed by atoms with van der Waals surface area (Å²) in [6, 6.07) is 146. The molecule has 9 nitrogen and oxygen atoms in total. The lowest BCUT2D eigenvalue weighted by Crippen LogP contribution is -2.06. The lowest BCUT2D eigenvalue weighted by Gasteiger charge is -2.21. The maximum Gasteiger partial charge on any atom is 0.0998 e. The van der Waals surface area contributed by atoms with Gasteiger partial charge in [-0.15, -0.1) is 0 Å². The Kier molecular flexibility index (Phi) is 21.7. The van der Waals surface area contributed by atoms with Crippen molar-refractivity contribution in [2.24, 2.45) is 0 Å². The van der Waals surface area contributed by atoms with Gasteiger partial charge in [0.15, 0.2) is 0 Å². The topological polar surface area (TPSA) is 139 Å². The van der Waals surface area contributed by atoms with Crippen LogP contribution in [0.2, 0.25) is 0 Å². The Morgan fingerprint density at radius 3 is 0.733 bits per heavy atom. The second kappa shape index (κ2) is 35.4. The molecule has 0 aliphatic carbocycles. The van der Waals surface area contributed by atoms with Crippen LogP contribution < -0.4 is 0 Å². The van der Waals surface area contributed by atoms with E-state index < -0.39 is 0 Å². The number of hydrogen-bond acceptors (Lipinski definition) is 5. The van der Waals surface area contributed by atoms with Crippen LogP contribution in [0.5, 0.6) is 0 Å². The average Bonchev–Trinajstić information content (AvgIpc) is 1.55. The highest BCUT2D eigenvalue weighted by atomic mass is 15.1. The highest BCUT2D eigenvalue weighted by molar-refractivity contribution is 6.18. The monoisotopic (exact) mass is 1870 g/mol. The Morgan fingerprint density at radius 1 is 0.144 bits per heavy atom. The Bertz CT molecular complexity index is 9630. The van der Waals surface area contributed by atoms with Gasteiger partial charge in [0.1, 0.15) is 0 Å². The number of aryl methyl sites for hydroxylation is 12. The number of benzene rings is 20. The third-order valence-corrected chi connectivity index (χ3v) is 30.2. The Morgan fingerprint density at radius 2 is 0.397 bits per heavy atom. The third-order valence-electron chi connectivity index (χ3n) is 30.2. The van der Waals surface area contributed by atoms with Gasteiger partial charge >= 0.3 is 0 Å². The number of hydrogen-bond donors (Lipinski definition) is 0. The van der Waals surface area contributed by atoms with Gasteiger partial charge in [-0.3, -0.25) is 0 Å². The van der Waals surface area contributed by atoms with Crippen molar-refractivity contribution >= 4 is 87.2 Å². The second-order valence-electron chi connectivity index (χ2n) is 40.0. The molecular formula is C137H97N9. The van der Waals surface area contributed by atoms with E-state index in [2.05, 4.69) is 471 Å². The first-order valence-corrected chi connectivity index (χ1v) is 49.6. The predicted molar refractivity (Wildman–Crippen MR) is 604 cm³/mol. The van der Waals surface area contributed by atoms with Crippen LogP contribution in [-0.4, -0.2) is 18.3 Å². The van der Waals surface area contributed by atoms with E-state index in [0.717, 1.165) is 243 Å². The summed E-state index contributed by atoms with van der Waals surface area (Å²) in [6.45, 7) is 25.7. The SMILES string of the molecule is Cc1ccc(-c2ccc3c(c2)c2cc(-c4ccc(C)cc4)ccc2n3-c2cc(C#N)c(-c3ccc(-c4cc5c6ccc(-c7ccc(C)cc7C)cc6n(-c6cc(C#N)c(-c7cc(C#N)cc(C#N)c7)cc6-n6c7cc(-c8ccc(C)cc8C)ccc7c7ccc(-c8ccc(C)cc8C)cc76)c5cc4-c4ccc(C)cc4C)c(C#N)c3)cc2-n2c3ccc(-c4ccc(C)cc4)cc3c3cc(-c4ccc(C)cc4)ccc32)cc1. The molecular weight excluding hydrogens is 1770 g/mol. The summed E-state index contributed by atoms with van der Waals surface area (Å²) in [5.74, 6) is 0. The molecule has 0 N–H and O–H groups in total. The molecule has 0 bridgehead atoms. The van der Waals surface area contributed by atoms with E-state index >= 15 is 0 Å². The fourth-order valence-electron chi connectivity index (χ4n) is 22.8. The first kappa shape index (κ1) is 89.7. The first-order chi connectivity index (χ1) is 71.0. The zero-order valence-corrected chi connectivity index (χ0v) is 83.2. The van der Waals surface area contributed by atoms with Gasteiger partial charge in [0.05, 0.1) is 125 Å². The van der Waals surface area contributed by atoms with Crippen LogP contribution in [0.1, 0.15) is 94.6 Å². The van der Waals surface area contributed by atoms with Crippen molar-refractivity contribution in [3.8, 4) is 175 Å². The van der Waals surface area contributed by atoms with Crippen LogP contribution in [0, 0.1) is 140 Å². The van der Waals surface area contributed by atoms with E-state index in [1.165, 1.54) is 22.3 Å². The van der Waals surface area contributed by atoms with Crippen molar-refractivity contribution in [1.29, 1.82) is 26.3 Å². The number of nitriles is 5. The van der Waals surface area contributed by atoms with Crippen LogP contribution >= 0.6 is 0 Å². The zero-order chi connectivity index (χ0) is 100. The molecule has 146 heavy (non-hydrogen) atoms. The van der Waals surface area contributed by atoms with Crippen LogP contribution in [0.3, 0.4) is 0 Å². The molecule has 9 heteroatoms. The predicted octanol–water partition coefficient (Wildman–Crippen LogP) is 35.5. The van der Waals surface area contributed by atoms with E-state index in [0.29, 0.717) is 50.2 Å². The Balaban J connectivity index is 0.781. The van der Waals surface area contributed by atoms with Crippen molar-refractivity contribution in [2.45, 2.75) is 83.1 Å². The molecule has 0 aliphatic heterocycles. The zero-order valence-electron chi connectivity index (χ0n) is 83.2. The minimum absolute atomic E-state index is 0.288. The Labute approximate surface area is 849 Å². The fourth-order valence-corrected chi connectivity index (χ4v) is 22.8. The summed E-state index contributed by atoms with van der Waals surface area (Å²) < 4.78 is 9.51. The molecule has 4 heterocycles. The maximum absolute atomic E-state index is 12.5. The first-order valence-electron chi connectivity index (χ1n) is 49.6. The fraction of sp³-hybridized carbons (Fsp3) is 0.0876. The second-order valence-corrected chi connectivity index (χ2v) is 40.0. The highest BCUT2D eigenvalue weighted by Gasteiger charge is 2.31. The standard InChI is InChI=1S/C137H97N9/c1-79-13-25-93(26-14-79)97-37-49-126-121(61-97)122-62-98(94-27-15-80(2)16-28-94)38-50-127(122)143(126)134-68-107(77-141)117(71-136(134)144-128-51-39-99(95-29-17-81(3)18-30-95)63-123(128)124-64-100(40-52-129(124)144)96-31-19-82(4)20-32-96)101-33-45-113(106(60-101)76-140)119-70-125-116-48-36-104(111-43-23-85(7)55-89(111)11)67-132(116)146(133(125)73-120(119)112-44-24-86(8)56-90(112)12)135-69-108(78-142)118(105-58-91(74-138)57-92(59-105)75-139)72-137(135)145-130-65-102(109-41-21-83(5)53-87(109)9)34-46-114(130)115-47-35-103(66-131(115)145)110-42-22-84(6)54-88(110)10/h13-73H,1-12H3. The molecule has 0 fully saturated rings. The van der Waals surface area contributed by atoms with E-state index in [9.17, 15) is 26.3 Å². The molecule has 0 unspecified atom stereocenters. The van der Waals surface area contributed by atoms with Gasteiger partial charge in [-0.1, -0.05) is 287 Å². The smallest absolute Gasteiger partial charge is 0.0998 e. The van der Waals surface area contributed by atoms with Gasteiger partial charge in [0.25, 0.3) is 0 Å². The third kappa shape index (κ3) is 15.3. The van der Waals surface area contributed by atoms with Gasteiger partial charge in [0, 0.05) is 59.8 Å². The summed E-state index contributed by atoms with van der Waals surface area (Å²) in [7, 11) is 0. The van der Waals surface area contributed by atoms with E-state index in [1.807, 2.05) is 12.1 Å². The number of fused-ring (bicyclic) bond motifs is 12. The van der Waals surface area contributed by atoms with Gasteiger partial charge < -0.3 is 18.3 Å². The van der Waals surface area contributed by atoms with Gasteiger partial charge in [-0.05, 0) is 338 Å². The lowest BCUT2D eigenvalue weighted by molar-refractivity contribution is 1.09. The van der Waals surface area contributed by atoms with Crippen LogP contribution in [0.25, 0.3) is 232 Å². The minimum Gasteiger partial charge on any atom is -0.307 e. The average molecular weight is 1870 g/mol. The minimum atomic E-state index is 0.288. The van der Waals surface area contributed by atoms with Crippen molar-refractivity contribution in [3.63, 3.8) is 0 Å². The molecule has 0 saturated heterocycles.